The second-order valence-corrected chi connectivity index (χ2v) is 12.7. The summed E-state index contributed by atoms with van der Waals surface area (Å²) in [5.74, 6) is 3.53. The van der Waals surface area contributed by atoms with Gasteiger partial charge in [-0.05, 0) is 71.6 Å². The molecule has 7 rings (SSSR count). The van der Waals surface area contributed by atoms with Gasteiger partial charge < -0.3 is 0 Å². The molecule has 0 amide bonds. The predicted molar refractivity (Wildman–Crippen MR) is 171 cm³/mol. The summed E-state index contributed by atoms with van der Waals surface area (Å²) in [5, 5.41) is 0. The number of benzene rings is 4. The molecule has 2 nitrogen and oxygen atoms in total. The molecule has 2 unspecified atom stereocenters. The van der Waals surface area contributed by atoms with Gasteiger partial charge in [0, 0.05) is 11.8 Å². The summed E-state index contributed by atoms with van der Waals surface area (Å²) in [6.45, 7) is 0. The Kier molecular flexibility index (Phi) is 7.18. The van der Waals surface area contributed by atoms with Gasteiger partial charge in [0.05, 0.1) is 0 Å². The van der Waals surface area contributed by atoms with E-state index in [4.69, 9.17) is 9.05 Å². The summed E-state index contributed by atoms with van der Waals surface area (Å²) in [6.07, 6.45) is 5.04. The van der Waals surface area contributed by atoms with E-state index < -0.39 is 11.2 Å². The van der Waals surface area contributed by atoms with Crippen molar-refractivity contribution >= 4 is 18.9 Å². The maximum atomic E-state index is 6.82. The lowest BCUT2D eigenvalue weighted by Crippen LogP contribution is -2.47. The van der Waals surface area contributed by atoms with E-state index in [0.29, 0.717) is 23.7 Å². The fourth-order valence-corrected chi connectivity index (χ4v) is 10.6. The molecule has 8 atom stereocenters. The lowest BCUT2D eigenvalue weighted by atomic mass is 9.60. The monoisotopic (exact) mass is 566 g/mol. The normalized spacial score (nSPS) is 27.7. The average Bonchev–Trinajstić information content (AvgIpc) is 3.75. The minimum Gasteiger partial charge on any atom is -0.230 e. The molecular weight excluding hydrogens is 526 g/mol. The van der Waals surface area contributed by atoms with Crippen LogP contribution in [0, 0.1) is 35.5 Å². The van der Waals surface area contributed by atoms with Crippen LogP contribution in [0.4, 0.5) is 0 Å². The Morgan fingerprint density at radius 3 is 1.27 bits per heavy atom. The van der Waals surface area contributed by atoms with Crippen molar-refractivity contribution in [1.82, 2.24) is 0 Å². The SMILES string of the molecule is [PH3+]OC(c1ccccc1)(c1ccccc1)[C@@H]1C[C@@H]2C[C@@H]1[C@H]1[C@@H]2CC[C@@H]1C(O[PH3+])(c1ccccc1)c1ccccc1. The van der Waals surface area contributed by atoms with Gasteiger partial charge in [0.2, 0.25) is 0 Å². The van der Waals surface area contributed by atoms with Gasteiger partial charge in [-0.15, -0.1) is 0 Å². The fourth-order valence-electron chi connectivity index (χ4n) is 9.53. The van der Waals surface area contributed by atoms with Crippen LogP contribution in [0.3, 0.4) is 0 Å². The maximum Gasteiger partial charge on any atom is 0.164 e. The highest BCUT2D eigenvalue weighted by Crippen LogP contribution is 2.70. The smallest absolute Gasteiger partial charge is 0.164 e. The van der Waals surface area contributed by atoms with E-state index in [1.54, 1.807) is 18.9 Å². The summed E-state index contributed by atoms with van der Waals surface area (Å²) in [5.41, 5.74) is 4.23. The van der Waals surface area contributed by atoms with Crippen molar-refractivity contribution in [3.05, 3.63) is 144 Å². The summed E-state index contributed by atoms with van der Waals surface area (Å²) in [4.78, 5) is 0. The van der Waals surface area contributed by atoms with E-state index >= 15 is 0 Å². The Morgan fingerprint density at radius 2 is 0.875 bits per heavy atom. The molecule has 40 heavy (non-hydrogen) atoms. The summed E-state index contributed by atoms with van der Waals surface area (Å²) < 4.78 is 13.6. The molecule has 4 aromatic rings. The Hall–Kier alpha value is -2.34. The number of hydrogen-bond donors (Lipinski definition) is 0. The van der Waals surface area contributed by atoms with E-state index in [0.717, 1.165) is 11.8 Å². The van der Waals surface area contributed by atoms with Crippen molar-refractivity contribution in [2.24, 2.45) is 35.5 Å². The largest absolute Gasteiger partial charge is 0.230 e. The highest BCUT2D eigenvalue weighted by atomic mass is 31.0. The van der Waals surface area contributed by atoms with Crippen LogP contribution >= 0.6 is 18.9 Å². The van der Waals surface area contributed by atoms with Crippen molar-refractivity contribution in [2.75, 3.05) is 0 Å². The molecule has 0 aromatic heterocycles. The Balaban J connectivity index is 1.37. The lowest BCUT2D eigenvalue weighted by Gasteiger charge is -2.47. The van der Waals surface area contributed by atoms with Crippen LogP contribution in [-0.2, 0) is 20.2 Å². The number of fused-ring (bicyclic) bond motifs is 5. The zero-order valence-corrected chi connectivity index (χ0v) is 25.9. The van der Waals surface area contributed by atoms with Gasteiger partial charge in [0.1, 0.15) is 18.9 Å². The van der Waals surface area contributed by atoms with Crippen molar-refractivity contribution < 1.29 is 9.05 Å². The van der Waals surface area contributed by atoms with Gasteiger partial charge >= 0.3 is 0 Å². The fraction of sp³-hybridized carbons (Fsp3) is 0.333. The molecule has 0 aliphatic heterocycles. The third kappa shape index (κ3) is 3.91. The van der Waals surface area contributed by atoms with E-state index in [2.05, 4.69) is 121 Å². The van der Waals surface area contributed by atoms with Gasteiger partial charge in [-0.2, -0.15) is 0 Å². The first kappa shape index (κ1) is 26.6. The predicted octanol–water partition coefficient (Wildman–Crippen LogP) is 8.25. The van der Waals surface area contributed by atoms with Crippen molar-refractivity contribution in [3.63, 3.8) is 0 Å². The zero-order valence-electron chi connectivity index (χ0n) is 23.1. The Labute approximate surface area is 243 Å². The molecule has 3 aliphatic rings. The molecule has 4 aromatic carbocycles. The molecule has 0 heterocycles. The van der Waals surface area contributed by atoms with E-state index in [1.807, 2.05) is 0 Å². The molecule has 3 saturated carbocycles. The maximum absolute atomic E-state index is 6.82. The van der Waals surface area contributed by atoms with Gasteiger partial charge in [-0.1, -0.05) is 121 Å². The van der Waals surface area contributed by atoms with Crippen LogP contribution in [0.25, 0.3) is 0 Å². The van der Waals surface area contributed by atoms with Crippen LogP contribution in [0.15, 0.2) is 121 Å². The molecule has 0 radical (unpaired) electrons. The first-order valence-electron chi connectivity index (χ1n) is 14.8. The average molecular weight is 567 g/mol. The van der Waals surface area contributed by atoms with Gasteiger partial charge in [-0.25, -0.2) is 9.05 Å². The highest BCUT2D eigenvalue weighted by Gasteiger charge is 2.66. The molecule has 3 aliphatic carbocycles. The standard InChI is InChI=1S/C36H40O2P2/c39-37-35(26-13-5-1-6-14-26,27-15-7-2-8-16-27)32-22-21-30-25-23-31(34(30)32)33(24-25)36(38-40,28-17-9-3-10-18-28)29-19-11-4-12-20-29/h1-20,25,30-34H,21-24H2,39-40H3/q+2/t25-,30+,31-,32-,33+,34+/m0/s1. The molecule has 204 valence electrons. The molecule has 0 N–H and O–H groups in total. The summed E-state index contributed by atoms with van der Waals surface area (Å²) in [7, 11) is 3.37. The molecule has 4 heteroatoms. The summed E-state index contributed by atoms with van der Waals surface area (Å²) in [6, 6.07) is 44.1. The molecule has 3 fully saturated rings. The quantitative estimate of drug-likeness (QED) is 0.200. The third-order valence-electron chi connectivity index (χ3n) is 10.8. The first-order chi connectivity index (χ1) is 19.7. The van der Waals surface area contributed by atoms with Crippen LogP contribution in [-0.4, -0.2) is 0 Å². The topological polar surface area (TPSA) is 18.5 Å². The minimum atomic E-state index is -0.452. The van der Waals surface area contributed by atoms with Gasteiger partial charge in [-0.3, -0.25) is 0 Å². The van der Waals surface area contributed by atoms with Crippen molar-refractivity contribution in [3.8, 4) is 0 Å². The first-order valence-corrected chi connectivity index (χ1v) is 16.0. The van der Waals surface area contributed by atoms with Crippen LogP contribution in [0.2, 0.25) is 0 Å². The Morgan fingerprint density at radius 1 is 0.475 bits per heavy atom. The van der Waals surface area contributed by atoms with E-state index in [1.165, 1.54) is 47.9 Å². The van der Waals surface area contributed by atoms with E-state index in [9.17, 15) is 0 Å². The molecular formula is C36H40O2P2+2. The van der Waals surface area contributed by atoms with Gasteiger partial charge in [0.15, 0.2) is 11.2 Å². The van der Waals surface area contributed by atoms with Crippen molar-refractivity contribution in [1.29, 1.82) is 0 Å². The van der Waals surface area contributed by atoms with Crippen LogP contribution in [0.1, 0.15) is 47.9 Å². The van der Waals surface area contributed by atoms with Crippen LogP contribution < -0.4 is 0 Å². The highest BCUT2D eigenvalue weighted by molar-refractivity contribution is 7.10. The summed E-state index contributed by atoms with van der Waals surface area (Å²) >= 11 is 0. The number of hydrogen-bond acceptors (Lipinski definition) is 2. The third-order valence-corrected chi connectivity index (χ3v) is 11.7. The molecule has 0 saturated heterocycles. The van der Waals surface area contributed by atoms with Gasteiger partial charge in [0.25, 0.3) is 0 Å². The lowest BCUT2D eigenvalue weighted by molar-refractivity contribution is -0.0335. The zero-order chi connectivity index (χ0) is 27.2. The minimum absolute atomic E-state index is 0.418. The van der Waals surface area contributed by atoms with Crippen LogP contribution in [0.5, 0.6) is 0 Å². The second-order valence-electron chi connectivity index (χ2n) is 12.2. The molecule has 0 spiro atoms. The molecule has 2 bridgehead atoms. The number of rotatable bonds is 8. The van der Waals surface area contributed by atoms with E-state index in [-0.39, 0.29) is 0 Å². The van der Waals surface area contributed by atoms with Crippen molar-refractivity contribution in [2.45, 2.75) is 36.9 Å². The second kappa shape index (κ2) is 10.8. The Bertz CT molecular complexity index is 1330.